The first-order valence-electron chi connectivity index (χ1n) is 7.08. The second kappa shape index (κ2) is 3.57. The molecule has 2 bridgehead atoms. The van der Waals surface area contributed by atoms with E-state index in [0.717, 1.165) is 17.1 Å². The Hall–Kier alpha value is -1.37. The Balaban J connectivity index is 1.83. The van der Waals surface area contributed by atoms with Gasteiger partial charge >= 0.3 is 0 Å². The van der Waals surface area contributed by atoms with E-state index < -0.39 is 0 Å². The zero-order valence-corrected chi connectivity index (χ0v) is 10.7. The Morgan fingerprint density at radius 2 is 1.67 bits per heavy atom. The smallest absolute Gasteiger partial charge is 0.167 e. The van der Waals surface area contributed by atoms with Crippen molar-refractivity contribution < 1.29 is 4.79 Å². The lowest BCUT2D eigenvalue weighted by molar-refractivity contribution is -0.118. The average Bonchev–Trinajstić information content (AvgIpc) is 3.05. The van der Waals surface area contributed by atoms with Crippen LogP contribution in [0.1, 0.15) is 31.7 Å². The molecule has 0 saturated heterocycles. The molecule has 3 aliphatic carbocycles. The van der Waals surface area contributed by atoms with Crippen LogP contribution in [0.5, 0.6) is 0 Å². The molecule has 3 aliphatic rings. The Bertz CT molecular complexity index is 540. The molecule has 0 aliphatic heterocycles. The highest BCUT2D eigenvalue weighted by Crippen LogP contribution is 2.60. The SMILES string of the molecule is CC1=C(c2ccccc2)C(=O)C2C3CCC(C3)C12. The van der Waals surface area contributed by atoms with Crippen molar-refractivity contribution in [2.24, 2.45) is 23.7 Å². The number of carbonyl (C=O) groups is 1. The van der Waals surface area contributed by atoms with Gasteiger partial charge in [0.05, 0.1) is 0 Å². The fraction of sp³-hybridized carbons (Fsp3) is 0.471. The molecule has 0 spiro atoms. The molecule has 0 aromatic heterocycles. The maximum Gasteiger partial charge on any atom is 0.167 e. The minimum atomic E-state index is 0.332. The molecule has 4 rings (SSSR count). The summed E-state index contributed by atoms with van der Waals surface area (Å²) in [6, 6.07) is 10.2. The van der Waals surface area contributed by atoms with E-state index in [1.54, 1.807) is 0 Å². The van der Waals surface area contributed by atoms with Gasteiger partial charge in [-0.1, -0.05) is 35.9 Å². The third kappa shape index (κ3) is 1.20. The summed E-state index contributed by atoms with van der Waals surface area (Å²) in [5, 5.41) is 0. The van der Waals surface area contributed by atoms with Crippen LogP contribution in [-0.2, 0) is 4.79 Å². The number of carbonyl (C=O) groups excluding carboxylic acids is 1. The average molecular weight is 238 g/mol. The molecule has 92 valence electrons. The Morgan fingerprint density at radius 3 is 2.33 bits per heavy atom. The number of hydrogen-bond donors (Lipinski definition) is 0. The van der Waals surface area contributed by atoms with Gasteiger partial charge in [-0.05, 0) is 49.5 Å². The van der Waals surface area contributed by atoms with Crippen LogP contribution in [-0.4, -0.2) is 5.78 Å². The first-order valence-corrected chi connectivity index (χ1v) is 7.08. The topological polar surface area (TPSA) is 17.1 Å². The van der Waals surface area contributed by atoms with Crippen molar-refractivity contribution >= 4 is 11.4 Å². The molecule has 2 fully saturated rings. The van der Waals surface area contributed by atoms with E-state index in [9.17, 15) is 4.79 Å². The second-order valence-corrected chi connectivity index (χ2v) is 6.17. The minimum absolute atomic E-state index is 0.332. The van der Waals surface area contributed by atoms with Gasteiger partial charge < -0.3 is 0 Å². The lowest BCUT2D eigenvalue weighted by atomic mass is 9.79. The first kappa shape index (κ1) is 10.5. The van der Waals surface area contributed by atoms with E-state index in [1.165, 1.54) is 24.8 Å². The zero-order valence-electron chi connectivity index (χ0n) is 10.7. The van der Waals surface area contributed by atoms with Gasteiger partial charge in [0.1, 0.15) is 0 Å². The largest absolute Gasteiger partial charge is 0.294 e. The molecule has 4 atom stereocenters. The van der Waals surface area contributed by atoms with Crippen molar-refractivity contribution in [3.05, 3.63) is 41.5 Å². The van der Waals surface area contributed by atoms with Crippen LogP contribution in [0.2, 0.25) is 0 Å². The molecule has 0 heterocycles. The van der Waals surface area contributed by atoms with Gasteiger partial charge in [-0.15, -0.1) is 0 Å². The van der Waals surface area contributed by atoms with E-state index >= 15 is 0 Å². The van der Waals surface area contributed by atoms with Crippen molar-refractivity contribution in [2.75, 3.05) is 0 Å². The molecule has 0 radical (unpaired) electrons. The van der Waals surface area contributed by atoms with Crippen LogP contribution in [0.25, 0.3) is 5.57 Å². The highest BCUT2D eigenvalue weighted by Gasteiger charge is 2.55. The number of benzene rings is 1. The van der Waals surface area contributed by atoms with Crippen LogP contribution < -0.4 is 0 Å². The number of ketones is 1. The van der Waals surface area contributed by atoms with E-state index in [1.807, 2.05) is 18.2 Å². The quantitative estimate of drug-likeness (QED) is 0.729. The highest BCUT2D eigenvalue weighted by atomic mass is 16.1. The van der Waals surface area contributed by atoms with E-state index in [-0.39, 0.29) is 0 Å². The first-order chi connectivity index (χ1) is 8.77. The zero-order chi connectivity index (χ0) is 12.3. The third-order valence-corrected chi connectivity index (χ3v) is 5.42. The predicted molar refractivity (Wildman–Crippen MR) is 71.9 cm³/mol. The van der Waals surface area contributed by atoms with Gasteiger partial charge in [0.25, 0.3) is 0 Å². The van der Waals surface area contributed by atoms with Crippen molar-refractivity contribution in [2.45, 2.75) is 26.2 Å². The predicted octanol–water partition coefficient (Wildman–Crippen LogP) is 3.71. The summed E-state index contributed by atoms with van der Waals surface area (Å²) in [6.45, 7) is 2.20. The summed E-state index contributed by atoms with van der Waals surface area (Å²) in [4.78, 5) is 12.7. The maximum absolute atomic E-state index is 12.7. The van der Waals surface area contributed by atoms with Gasteiger partial charge in [-0.2, -0.15) is 0 Å². The summed E-state index contributed by atoms with van der Waals surface area (Å²) in [5.41, 5.74) is 3.56. The van der Waals surface area contributed by atoms with E-state index in [0.29, 0.717) is 23.5 Å². The van der Waals surface area contributed by atoms with Crippen LogP contribution in [0, 0.1) is 23.7 Å². The summed E-state index contributed by atoms with van der Waals surface area (Å²) in [7, 11) is 0. The molecule has 1 aromatic carbocycles. The van der Waals surface area contributed by atoms with Crippen molar-refractivity contribution in [3.63, 3.8) is 0 Å². The Labute approximate surface area is 108 Å². The lowest BCUT2D eigenvalue weighted by Gasteiger charge is -2.24. The number of Topliss-reactive ketones (excluding diaryl/α,β-unsaturated/α-hetero) is 1. The number of fused-ring (bicyclic) bond motifs is 5. The fourth-order valence-corrected chi connectivity index (χ4v) is 4.79. The van der Waals surface area contributed by atoms with Gasteiger partial charge in [0, 0.05) is 11.5 Å². The minimum Gasteiger partial charge on any atom is -0.294 e. The summed E-state index contributed by atoms with van der Waals surface area (Å²) >= 11 is 0. The molecule has 4 unspecified atom stereocenters. The number of rotatable bonds is 1. The summed E-state index contributed by atoms with van der Waals surface area (Å²) in [5.74, 6) is 2.83. The molecule has 2 saturated carbocycles. The highest BCUT2D eigenvalue weighted by molar-refractivity contribution is 6.25. The van der Waals surface area contributed by atoms with E-state index in [4.69, 9.17) is 0 Å². The molecule has 0 N–H and O–H groups in total. The normalized spacial score (nSPS) is 37.5. The molecule has 1 nitrogen and oxygen atoms in total. The van der Waals surface area contributed by atoms with Gasteiger partial charge in [-0.25, -0.2) is 0 Å². The van der Waals surface area contributed by atoms with Gasteiger partial charge in [0.15, 0.2) is 5.78 Å². The van der Waals surface area contributed by atoms with Crippen LogP contribution in [0.15, 0.2) is 35.9 Å². The van der Waals surface area contributed by atoms with Crippen LogP contribution >= 0.6 is 0 Å². The van der Waals surface area contributed by atoms with Crippen LogP contribution in [0.3, 0.4) is 0 Å². The number of allylic oxidation sites excluding steroid dienone is 2. The maximum atomic E-state index is 12.7. The summed E-state index contributed by atoms with van der Waals surface area (Å²) < 4.78 is 0. The fourth-order valence-electron chi connectivity index (χ4n) is 4.79. The second-order valence-electron chi connectivity index (χ2n) is 6.17. The van der Waals surface area contributed by atoms with Crippen molar-refractivity contribution in [1.82, 2.24) is 0 Å². The third-order valence-electron chi connectivity index (χ3n) is 5.42. The van der Waals surface area contributed by atoms with Gasteiger partial charge in [0.2, 0.25) is 0 Å². The number of hydrogen-bond acceptors (Lipinski definition) is 1. The molecule has 1 aromatic rings. The van der Waals surface area contributed by atoms with Crippen molar-refractivity contribution in [3.8, 4) is 0 Å². The molecular weight excluding hydrogens is 220 g/mol. The van der Waals surface area contributed by atoms with Gasteiger partial charge in [-0.3, -0.25) is 4.79 Å². The Kier molecular flexibility index (Phi) is 2.09. The van der Waals surface area contributed by atoms with Crippen LogP contribution in [0.4, 0.5) is 0 Å². The molecule has 18 heavy (non-hydrogen) atoms. The Morgan fingerprint density at radius 1 is 1.00 bits per heavy atom. The standard InChI is InChI=1S/C17H18O/c1-10-14-12-7-8-13(9-12)16(14)17(18)15(10)11-5-3-2-4-6-11/h2-6,12-14,16H,7-9H2,1H3. The molecule has 1 heteroatoms. The molecule has 0 amide bonds. The lowest BCUT2D eigenvalue weighted by Crippen LogP contribution is -2.24. The molecular formula is C17H18O. The van der Waals surface area contributed by atoms with E-state index in [2.05, 4.69) is 19.1 Å². The van der Waals surface area contributed by atoms with Crippen molar-refractivity contribution in [1.29, 1.82) is 0 Å². The summed E-state index contributed by atoms with van der Waals surface area (Å²) in [6.07, 6.45) is 3.94. The monoisotopic (exact) mass is 238 g/mol.